The normalized spacial score (nSPS) is 4.80. The molecule has 2 amide bonds. The van der Waals surface area contributed by atoms with Crippen molar-refractivity contribution in [3.63, 3.8) is 0 Å². The van der Waals surface area contributed by atoms with Gasteiger partial charge in [-0.3, -0.25) is 0 Å². The Hall–Kier alpha value is -0.0800. The first-order valence-corrected chi connectivity index (χ1v) is 1.97. The van der Waals surface area contributed by atoms with Crippen molar-refractivity contribution in [1.29, 1.82) is 0 Å². The quantitative estimate of drug-likeness (QED) is 0.215. The Labute approximate surface area is 85.9 Å². The van der Waals surface area contributed by atoms with Crippen LogP contribution in [0.4, 0.5) is 4.79 Å². The number of nitrogens with two attached hydrogens (primary N) is 4. The molecule has 0 aromatic heterocycles. The fourth-order valence-corrected chi connectivity index (χ4v) is 0. The molecule has 8 heteroatoms. The predicted molar refractivity (Wildman–Crippen MR) is 36.7 cm³/mol. The Morgan fingerprint density at radius 1 is 1.10 bits per heavy atom. The van der Waals surface area contributed by atoms with Gasteiger partial charge >= 0.3 is 35.6 Å². The Morgan fingerprint density at radius 2 is 1.10 bits per heavy atom. The Balaban J connectivity index is -0.0000000300. The molecule has 0 aromatic rings. The maximum Gasteiger partial charge on any atom is 1.00 e. The van der Waals surface area contributed by atoms with Crippen molar-refractivity contribution in [2.45, 2.75) is 0 Å². The zero-order chi connectivity index (χ0) is 7.15. The summed E-state index contributed by atoms with van der Waals surface area (Å²) in [4.78, 5) is 9.00. The van der Waals surface area contributed by atoms with Gasteiger partial charge < -0.3 is 28.4 Å². The number of carbonyl (C=O) groups excluding carboxylic acids is 1. The minimum absolute atomic E-state index is 0. The van der Waals surface area contributed by atoms with Crippen molar-refractivity contribution in [1.82, 2.24) is 0 Å². The zero-order valence-corrected chi connectivity index (χ0v) is 8.39. The zero-order valence-electron chi connectivity index (χ0n) is 5.57. The molecule has 0 radical (unpaired) electrons. The second-order valence-corrected chi connectivity index (χ2v) is 1.28. The average Bonchev–Trinajstić information content (AvgIpc) is 1.25. The Kier molecular flexibility index (Phi) is 36.0. The van der Waals surface area contributed by atoms with Crippen molar-refractivity contribution in [2.75, 3.05) is 0 Å². The first-order valence-electron chi connectivity index (χ1n) is 1.56. The summed E-state index contributed by atoms with van der Waals surface area (Å²) in [6.45, 7) is 0. The molecule has 0 unspecified atom stereocenters. The molecule has 0 saturated carbocycles. The molecule has 0 bridgehead atoms. The number of amides is 2. The van der Waals surface area contributed by atoms with E-state index in [1.54, 1.807) is 0 Å². The van der Waals surface area contributed by atoms with E-state index in [1.807, 2.05) is 0 Å². The van der Waals surface area contributed by atoms with Gasteiger partial charge in [-0.2, -0.15) is 0 Å². The third-order valence-corrected chi connectivity index (χ3v) is 0. The van der Waals surface area contributed by atoms with Crippen LogP contribution in [0, 0.1) is 0 Å². The van der Waals surface area contributed by atoms with E-state index in [9.17, 15) is 0 Å². The van der Waals surface area contributed by atoms with Gasteiger partial charge in [-0.15, -0.1) is 0 Å². The first kappa shape index (κ1) is 22.5. The van der Waals surface area contributed by atoms with Gasteiger partial charge in [-0.25, -0.2) is 4.79 Å². The average molecular weight is 176 g/mol. The van der Waals surface area contributed by atoms with Gasteiger partial charge in [-0.05, 0) is 12.2 Å². The topological polar surface area (TPSA) is 151 Å². The maximum absolute atomic E-state index is 9.00. The molecule has 0 saturated heterocycles. The second kappa shape index (κ2) is 16.0. The SMILES string of the molecule is NC(N)=O.NC(N)=S.[Na+].[OH-]. The summed E-state index contributed by atoms with van der Waals surface area (Å²) >= 11 is 4.09. The van der Waals surface area contributed by atoms with Crippen LogP contribution in [0.3, 0.4) is 0 Å². The fraction of sp³-hybridized carbons (Fsp3) is 0. The van der Waals surface area contributed by atoms with Crippen molar-refractivity contribution < 1.29 is 39.8 Å². The van der Waals surface area contributed by atoms with Crippen LogP contribution >= 0.6 is 12.2 Å². The van der Waals surface area contributed by atoms with Crippen LogP contribution < -0.4 is 52.5 Å². The van der Waals surface area contributed by atoms with E-state index in [1.165, 1.54) is 0 Å². The van der Waals surface area contributed by atoms with Crippen molar-refractivity contribution >= 4 is 23.4 Å². The number of thiocarbonyl (C=S) groups is 1. The molecule has 0 spiro atoms. The molecular weight excluding hydrogens is 167 g/mol. The summed E-state index contributed by atoms with van der Waals surface area (Å²) in [5.74, 6) is 0. The predicted octanol–water partition coefficient (Wildman–Crippen LogP) is -4.96. The van der Waals surface area contributed by atoms with Crippen LogP contribution in [0.25, 0.3) is 0 Å². The summed E-state index contributed by atoms with van der Waals surface area (Å²) in [6, 6.07) is -0.833. The number of primary amides is 2. The maximum atomic E-state index is 9.00. The summed E-state index contributed by atoms with van der Waals surface area (Å²) < 4.78 is 0. The Morgan fingerprint density at radius 3 is 1.10 bits per heavy atom. The Bertz CT molecular complexity index is 79.3. The van der Waals surface area contributed by atoms with Crippen LogP contribution in [0.5, 0.6) is 0 Å². The van der Waals surface area contributed by atoms with E-state index >= 15 is 0 Å². The third kappa shape index (κ3) is 59300. The summed E-state index contributed by atoms with van der Waals surface area (Å²) in [7, 11) is 0. The van der Waals surface area contributed by atoms with Crippen LogP contribution in [0.15, 0.2) is 0 Å². The first-order chi connectivity index (χ1) is 3.46. The fourth-order valence-electron chi connectivity index (χ4n) is 0. The minimum Gasteiger partial charge on any atom is -0.870 e. The number of hydrogen-bond donors (Lipinski definition) is 4. The van der Waals surface area contributed by atoms with E-state index in [4.69, 9.17) is 4.79 Å². The molecule has 0 heterocycles. The van der Waals surface area contributed by atoms with E-state index in [0.29, 0.717) is 0 Å². The monoisotopic (exact) mass is 176 g/mol. The van der Waals surface area contributed by atoms with Crippen molar-refractivity contribution in [2.24, 2.45) is 22.9 Å². The van der Waals surface area contributed by atoms with Gasteiger partial charge in [0.15, 0.2) is 5.11 Å². The van der Waals surface area contributed by atoms with E-state index in [0.717, 1.165) is 0 Å². The molecule has 0 aliphatic carbocycles. The molecule has 0 aromatic carbocycles. The molecule has 0 aliphatic rings. The van der Waals surface area contributed by atoms with Crippen LogP contribution in [0.2, 0.25) is 0 Å². The van der Waals surface area contributed by atoms with Gasteiger partial charge in [0.1, 0.15) is 0 Å². The molecule has 56 valence electrons. The number of rotatable bonds is 0. The van der Waals surface area contributed by atoms with Gasteiger partial charge in [-0.1, -0.05) is 0 Å². The molecule has 0 aliphatic heterocycles. The van der Waals surface area contributed by atoms with E-state index in [2.05, 4.69) is 35.2 Å². The second-order valence-electron chi connectivity index (χ2n) is 0.805. The van der Waals surface area contributed by atoms with Crippen LogP contribution in [-0.2, 0) is 0 Å². The van der Waals surface area contributed by atoms with Crippen molar-refractivity contribution in [3.8, 4) is 0 Å². The summed E-state index contributed by atoms with van der Waals surface area (Å²) in [6.07, 6.45) is 0. The number of carbonyl (C=O) groups is 1. The standard InChI is InChI=1S/CH4N2O.CH4N2S.Na.H2O/c2*2-1(3)4;;/h2*(H4,2,3,4);;1H2/q;;+1;/p-1. The minimum atomic E-state index is -0.833. The molecule has 0 atom stereocenters. The van der Waals surface area contributed by atoms with Crippen LogP contribution in [0.1, 0.15) is 0 Å². The van der Waals surface area contributed by atoms with E-state index < -0.39 is 6.03 Å². The molecule has 9 N–H and O–H groups in total. The number of hydrogen-bond acceptors (Lipinski definition) is 3. The van der Waals surface area contributed by atoms with Gasteiger partial charge in [0.2, 0.25) is 0 Å². The summed E-state index contributed by atoms with van der Waals surface area (Å²) in [5.41, 5.74) is 17.7. The van der Waals surface area contributed by atoms with E-state index in [-0.39, 0.29) is 40.1 Å². The van der Waals surface area contributed by atoms with Gasteiger partial charge in [0.25, 0.3) is 0 Å². The smallest absolute Gasteiger partial charge is 0.870 e. The molecule has 0 fully saturated rings. The molecule has 10 heavy (non-hydrogen) atoms. The summed E-state index contributed by atoms with van der Waals surface area (Å²) in [5, 5.41) is 0.000000000000000222. The molecular formula is C2H9N4NaO2S. The molecule has 0 rings (SSSR count). The van der Waals surface area contributed by atoms with Gasteiger partial charge in [0.05, 0.1) is 0 Å². The van der Waals surface area contributed by atoms with Gasteiger partial charge in [0, 0.05) is 0 Å². The molecule has 6 nitrogen and oxygen atoms in total. The van der Waals surface area contributed by atoms with Crippen LogP contribution in [-0.4, -0.2) is 16.6 Å². The van der Waals surface area contributed by atoms with Crippen molar-refractivity contribution in [3.05, 3.63) is 0 Å². The third-order valence-electron chi connectivity index (χ3n) is 0. The largest absolute Gasteiger partial charge is 1.00 e. The number of urea groups is 1.